The van der Waals surface area contributed by atoms with E-state index in [2.05, 4.69) is 0 Å². The van der Waals surface area contributed by atoms with E-state index in [0.717, 1.165) is 0 Å². The first kappa shape index (κ1) is 17.1. The molecule has 0 bridgehead atoms. The summed E-state index contributed by atoms with van der Waals surface area (Å²) >= 11 is 5.87. The van der Waals surface area contributed by atoms with Crippen molar-refractivity contribution in [3.8, 4) is 5.75 Å². The van der Waals surface area contributed by atoms with Crippen molar-refractivity contribution in [2.24, 2.45) is 5.92 Å². The van der Waals surface area contributed by atoms with Crippen LogP contribution in [-0.4, -0.2) is 13.3 Å². The molecule has 0 amide bonds. The monoisotopic (exact) mass is 344 g/mol. The van der Waals surface area contributed by atoms with Crippen LogP contribution in [0.3, 0.4) is 0 Å². The second-order valence-corrected chi connectivity index (χ2v) is 7.90. The first-order valence-corrected chi connectivity index (χ1v) is 9.21. The average Bonchev–Trinajstić information content (AvgIpc) is 2.42. The van der Waals surface area contributed by atoms with E-state index in [9.17, 15) is 9.36 Å². The molecule has 2 aromatic rings. The molecule has 22 heavy (non-hydrogen) atoms. The van der Waals surface area contributed by atoms with Crippen LogP contribution in [0.2, 0.25) is 5.02 Å². The van der Waals surface area contributed by atoms with Crippen LogP contribution in [0.15, 0.2) is 27.4 Å². The minimum atomic E-state index is -3.23. The van der Waals surface area contributed by atoms with Gasteiger partial charge < -0.3 is 8.94 Å². The molecule has 1 unspecified atom stereocenters. The van der Waals surface area contributed by atoms with Gasteiger partial charge in [0.05, 0.1) is 6.61 Å². The van der Waals surface area contributed by atoms with Crippen LogP contribution in [0.4, 0.5) is 0 Å². The fourth-order valence-electron chi connectivity index (χ4n) is 1.87. The number of benzene rings is 1. The molecule has 7 heteroatoms. The van der Waals surface area contributed by atoms with E-state index in [1.807, 2.05) is 13.8 Å². The van der Waals surface area contributed by atoms with Crippen molar-refractivity contribution in [3.63, 3.8) is 0 Å². The van der Waals surface area contributed by atoms with Crippen molar-refractivity contribution in [2.75, 3.05) is 13.3 Å². The Morgan fingerprint density at radius 3 is 2.68 bits per heavy atom. The summed E-state index contributed by atoms with van der Waals surface area (Å²) in [5, 5.41) is 0.758. The van der Waals surface area contributed by atoms with E-state index in [0.29, 0.717) is 28.9 Å². The molecule has 1 aromatic carbocycles. The van der Waals surface area contributed by atoms with Crippen molar-refractivity contribution in [3.05, 3.63) is 39.2 Å². The van der Waals surface area contributed by atoms with E-state index >= 15 is 0 Å². The molecule has 0 N–H and O–H groups in total. The van der Waals surface area contributed by atoms with Crippen LogP contribution < -0.4 is 10.1 Å². The summed E-state index contributed by atoms with van der Waals surface area (Å²) in [6.45, 7) is 7.39. The number of aryl methyl sites for hydroxylation is 1. The van der Waals surface area contributed by atoms with Crippen molar-refractivity contribution < 1.29 is 18.0 Å². The largest absolute Gasteiger partial charge is 0.424 e. The topological polar surface area (TPSA) is 65.7 Å². The highest BCUT2D eigenvalue weighted by Gasteiger charge is 2.20. The van der Waals surface area contributed by atoms with Crippen molar-refractivity contribution in [1.82, 2.24) is 0 Å². The van der Waals surface area contributed by atoms with E-state index in [-0.39, 0.29) is 10.9 Å². The zero-order valence-electron chi connectivity index (χ0n) is 12.9. The lowest BCUT2D eigenvalue weighted by molar-refractivity contribution is 0.238. The maximum atomic E-state index is 12.3. The average molecular weight is 345 g/mol. The molecule has 0 spiro atoms. The molecule has 0 aliphatic carbocycles. The molecule has 1 atom stereocenters. The SMILES string of the molecule is Cc1c(Cl)c(=O)oc2cc(OP(C)(=O)OCC(C)C)ccc12. The van der Waals surface area contributed by atoms with Gasteiger partial charge in [-0.15, -0.1) is 0 Å². The highest BCUT2D eigenvalue weighted by atomic mass is 35.5. The summed E-state index contributed by atoms with van der Waals surface area (Å²) in [7, 11) is -3.23. The van der Waals surface area contributed by atoms with E-state index in [4.69, 9.17) is 25.1 Å². The Labute approximate surface area is 133 Å². The van der Waals surface area contributed by atoms with Gasteiger partial charge >= 0.3 is 13.2 Å². The van der Waals surface area contributed by atoms with Gasteiger partial charge in [0, 0.05) is 18.1 Å². The maximum Gasteiger partial charge on any atom is 0.376 e. The summed E-state index contributed by atoms with van der Waals surface area (Å²) in [4.78, 5) is 11.6. The maximum absolute atomic E-state index is 12.3. The van der Waals surface area contributed by atoms with Gasteiger partial charge in [0.15, 0.2) is 0 Å². The molecule has 2 rings (SSSR count). The fourth-order valence-corrected chi connectivity index (χ4v) is 3.13. The molecule has 0 aliphatic rings. The molecule has 1 aromatic heterocycles. The lowest BCUT2D eigenvalue weighted by Gasteiger charge is -2.16. The molecule has 0 radical (unpaired) electrons. The smallest absolute Gasteiger partial charge is 0.376 e. The predicted octanol–water partition coefficient (Wildman–Crippen LogP) is 4.63. The third-order valence-electron chi connectivity index (χ3n) is 2.98. The fraction of sp³-hybridized carbons (Fsp3) is 0.400. The van der Waals surface area contributed by atoms with Crippen LogP contribution in [0.5, 0.6) is 5.75 Å². The first-order valence-electron chi connectivity index (χ1n) is 6.84. The van der Waals surface area contributed by atoms with E-state index < -0.39 is 13.2 Å². The minimum Gasteiger partial charge on any atom is -0.424 e. The molecule has 0 fully saturated rings. The molecule has 0 saturated heterocycles. The van der Waals surface area contributed by atoms with Crippen molar-refractivity contribution in [2.45, 2.75) is 20.8 Å². The van der Waals surface area contributed by atoms with Gasteiger partial charge in [-0.2, -0.15) is 0 Å². The lowest BCUT2D eigenvalue weighted by Crippen LogP contribution is -2.04. The Morgan fingerprint density at radius 1 is 1.36 bits per heavy atom. The van der Waals surface area contributed by atoms with Crippen LogP contribution in [-0.2, 0) is 9.09 Å². The second kappa shape index (κ2) is 6.45. The van der Waals surface area contributed by atoms with Gasteiger partial charge in [0.25, 0.3) is 0 Å². The van der Waals surface area contributed by atoms with Crippen LogP contribution in [0.1, 0.15) is 19.4 Å². The summed E-state index contributed by atoms with van der Waals surface area (Å²) < 4.78 is 28.1. The molecule has 120 valence electrons. The third-order valence-corrected chi connectivity index (χ3v) is 4.58. The van der Waals surface area contributed by atoms with E-state index in [1.165, 1.54) is 12.7 Å². The quantitative estimate of drug-likeness (QED) is 0.584. The second-order valence-electron chi connectivity index (χ2n) is 5.54. The van der Waals surface area contributed by atoms with Gasteiger partial charge in [-0.1, -0.05) is 25.4 Å². The molecule has 0 aliphatic heterocycles. The van der Waals surface area contributed by atoms with Gasteiger partial charge in [0.2, 0.25) is 0 Å². The summed E-state index contributed by atoms with van der Waals surface area (Å²) in [5.74, 6) is 0.559. The highest BCUT2D eigenvalue weighted by Crippen LogP contribution is 2.45. The Morgan fingerprint density at radius 2 is 2.05 bits per heavy atom. The van der Waals surface area contributed by atoms with Crippen LogP contribution >= 0.6 is 19.2 Å². The summed E-state index contributed by atoms with van der Waals surface area (Å²) in [6, 6.07) is 4.85. The summed E-state index contributed by atoms with van der Waals surface area (Å²) in [5.41, 5.74) is 0.350. The molecule has 0 saturated carbocycles. The normalized spacial score (nSPS) is 14.3. The van der Waals surface area contributed by atoms with Crippen molar-refractivity contribution in [1.29, 1.82) is 0 Å². The van der Waals surface area contributed by atoms with Crippen LogP contribution in [0.25, 0.3) is 11.0 Å². The standard InChI is InChI=1S/C15H18ClO5P/c1-9(2)8-19-22(4,18)21-11-5-6-12-10(3)14(16)15(17)20-13(12)7-11/h5-7,9H,8H2,1-4H3. The number of fused-ring (bicyclic) bond motifs is 1. The number of halogens is 1. The Hall–Kier alpha value is -1.29. The molecular formula is C15H18ClO5P. The zero-order valence-corrected chi connectivity index (χ0v) is 14.5. The van der Waals surface area contributed by atoms with Gasteiger partial charge in [-0.05, 0) is 30.5 Å². The van der Waals surface area contributed by atoms with Gasteiger partial charge in [-0.3, -0.25) is 4.52 Å². The number of hydrogen-bond acceptors (Lipinski definition) is 5. The Kier molecular flexibility index (Phi) is 5.00. The minimum absolute atomic E-state index is 0.0580. The van der Waals surface area contributed by atoms with Gasteiger partial charge in [-0.25, -0.2) is 9.36 Å². The van der Waals surface area contributed by atoms with E-state index in [1.54, 1.807) is 19.1 Å². The highest BCUT2D eigenvalue weighted by molar-refractivity contribution is 7.53. The molecular weight excluding hydrogens is 327 g/mol. The first-order chi connectivity index (χ1) is 10.2. The van der Waals surface area contributed by atoms with Gasteiger partial charge in [0.1, 0.15) is 16.4 Å². The Bertz CT molecular complexity index is 796. The molecule has 1 heterocycles. The third kappa shape index (κ3) is 3.92. The number of rotatable bonds is 5. The van der Waals surface area contributed by atoms with Crippen molar-refractivity contribution >= 4 is 30.2 Å². The van der Waals surface area contributed by atoms with Crippen LogP contribution in [0, 0.1) is 12.8 Å². The lowest BCUT2D eigenvalue weighted by atomic mass is 10.1. The molecule has 5 nitrogen and oxygen atoms in total. The summed E-state index contributed by atoms with van der Waals surface area (Å²) in [6.07, 6.45) is 0. The Balaban J connectivity index is 2.32. The number of hydrogen-bond donors (Lipinski definition) is 0. The zero-order chi connectivity index (χ0) is 16.5. The predicted molar refractivity (Wildman–Crippen MR) is 87.2 cm³/mol.